The number of carboxylic acid groups (broad SMARTS) is 1. The second-order valence-electron chi connectivity index (χ2n) is 5.84. The Morgan fingerprint density at radius 3 is 2.50 bits per heavy atom. The number of aliphatic carboxylic acids is 1. The van der Waals surface area contributed by atoms with Gasteiger partial charge in [0.05, 0.1) is 19.3 Å². The van der Waals surface area contributed by atoms with E-state index in [2.05, 4.69) is 6.92 Å². The van der Waals surface area contributed by atoms with Crippen molar-refractivity contribution in [3.8, 4) is 0 Å². The molecule has 2 heterocycles. The predicted molar refractivity (Wildman–Crippen MR) is 73.4 cm³/mol. The van der Waals surface area contributed by atoms with Crippen LogP contribution in [0.2, 0.25) is 0 Å². The molecule has 2 fully saturated rings. The van der Waals surface area contributed by atoms with E-state index in [-0.39, 0.29) is 11.9 Å². The molecule has 3 atom stereocenters. The SMILES string of the molecule is CC1CCN(C(C)C(=O)N2CCOCC2)C(C(=O)O)C1. The maximum Gasteiger partial charge on any atom is 0.320 e. The van der Waals surface area contributed by atoms with E-state index in [0.717, 1.165) is 6.42 Å². The van der Waals surface area contributed by atoms with E-state index in [0.29, 0.717) is 45.2 Å². The molecular formula is C14H24N2O4. The monoisotopic (exact) mass is 284 g/mol. The summed E-state index contributed by atoms with van der Waals surface area (Å²) in [5.41, 5.74) is 0. The Bertz CT molecular complexity index is 368. The van der Waals surface area contributed by atoms with Crippen LogP contribution in [-0.4, -0.2) is 71.7 Å². The van der Waals surface area contributed by atoms with Gasteiger partial charge in [0.1, 0.15) is 6.04 Å². The van der Waals surface area contributed by atoms with Gasteiger partial charge in [-0.05, 0) is 25.7 Å². The highest BCUT2D eigenvalue weighted by molar-refractivity contribution is 5.83. The average Bonchev–Trinajstić information content (AvgIpc) is 2.46. The van der Waals surface area contributed by atoms with Crippen molar-refractivity contribution in [2.45, 2.75) is 38.8 Å². The van der Waals surface area contributed by atoms with Crippen LogP contribution in [0.4, 0.5) is 0 Å². The molecular weight excluding hydrogens is 260 g/mol. The largest absolute Gasteiger partial charge is 0.480 e. The number of hydrogen-bond acceptors (Lipinski definition) is 4. The number of rotatable bonds is 3. The summed E-state index contributed by atoms with van der Waals surface area (Å²) in [6.45, 7) is 6.91. The van der Waals surface area contributed by atoms with Gasteiger partial charge in [0.15, 0.2) is 0 Å². The molecule has 6 heteroatoms. The van der Waals surface area contributed by atoms with Gasteiger partial charge in [-0.1, -0.05) is 6.92 Å². The maximum atomic E-state index is 12.5. The molecule has 3 unspecified atom stereocenters. The third-order valence-corrected chi connectivity index (χ3v) is 4.37. The minimum atomic E-state index is -0.821. The Hall–Kier alpha value is -1.14. The fourth-order valence-corrected chi connectivity index (χ4v) is 3.06. The maximum absolute atomic E-state index is 12.5. The van der Waals surface area contributed by atoms with Gasteiger partial charge in [0.2, 0.25) is 5.91 Å². The molecule has 114 valence electrons. The number of morpholine rings is 1. The first-order valence-electron chi connectivity index (χ1n) is 7.35. The van der Waals surface area contributed by atoms with Gasteiger partial charge in [-0.25, -0.2) is 0 Å². The first kappa shape index (κ1) is 15.3. The molecule has 0 saturated carbocycles. The second-order valence-corrected chi connectivity index (χ2v) is 5.84. The van der Waals surface area contributed by atoms with Crippen molar-refractivity contribution in [3.05, 3.63) is 0 Å². The van der Waals surface area contributed by atoms with Gasteiger partial charge >= 0.3 is 5.97 Å². The van der Waals surface area contributed by atoms with Gasteiger partial charge in [0.25, 0.3) is 0 Å². The van der Waals surface area contributed by atoms with E-state index in [1.165, 1.54) is 0 Å². The molecule has 0 bridgehead atoms. The summed E-state index contributed by atoms with van der Waals surface area (Å²) >= 11 is 0. The first-order chi connectivity index (χ1) is 9.50. The van der Waals surface area contributed by atoms with Crippen LogP contribution in [0.5, 0.6) is 0 Å². The first-order valence-corrected chi connectivity index (χ1v) is 7.35. The van der Waals surface area contributed by atoms with Crippen molar-refractivity contribution >= 4 is 11.9 Å². The van der Waals surface area contributed by atoms with Crippen LogP contribution in [0.3, 0.4) is 0 Å². The van der Waals surface area contributed by atoms with E-state index >= 15 is 0 Å². The number of carboxylic acids is 1. The average molecular weight is 284 g/mol. The van der Waals surface area contributed by atoms with E-state index in [9.17, 15) is 14.7 Å². The van der Waals surface area contributed by atoms with Crippen molar-refractivity contribution < 1.29 is 19.4 Å². The quantitative estimate of drug-likeness (QED) is 0.813. The number of carbonyl (C=O) groups excluding carboxylic acids is 1. The highest BCUT2D eigenvalue weighted by Gasteiger charge is 2.38. The zero-order chi connectivity index (χ0) is 14.7. The van der Waals surface area contributed by atoms with Crippen LogP contribution in [0.25, 0.3) is 0 Å². The number of amides is 1. The molecule has 20 heavy (non-hydrogen) atoms. The summed E-state index contributed by atoms with van der Waals surface area (Å²) in [5, 5.41) is 9.38. The van der Waals surface area contributed by atoms with E-state index < -0.39 is 12.0 Å². The van der Waals surface area contributed by atoms with Gasteiger partial charge in [-0.3, -0.25) is 14.5 Å². The molecule has 1 N–H and O–H groups in total. The van der Waals surface area contributed by atoms with Crippen LogP contribution in [-0.2, 0) is 14.3 Å². The van der Waals surface area contributed by atoms with E-state index in [4.69, 9.17) is 4.74 Å². The summed E-state index contributed by atoms with van der Waals surface area (Å²) < 4.78 is 5.25. The molecule has 0 aromatic carbocycles. The molecule has 0 spiro atoms. The smallest absolute Gasteiger partial charge is 0.320 e. The Morgan fingerprint density at radius 2 is 1.90 bits per heavy atom. The Kier molecular flexibility index (Phi) is 4.99. The number of nitrogens with zero attached hydrogens (tertiary/aromatic N) is 2. The van der Waals surface area contributed by atoms with E-state index in [1.54, 1.807) is 4.90 Å². The van der Waals surface area contributed by atoms with Gasteiger partial charge in [-0.2, -0.15) is 0 Å². The summed E-state index contributed by atoms with van der Waals surface area (Å²) in [4.78, 5) is 27.5. The number of hydrogen-bond donors (Lipinski definition) is 1. The normalized spacial score (nSPS) is 30.0. The predicted octanol–water partition coefficient (Wildman–Crippen LogP) is 0.419. The Labute approximate surface area is 119 Å². The molecule has 0 radical (unpaired) electrons. The van der Waals surface area contributed by atoms with Crippen molar-refractivity contribution in [2.75, 3.05) is 32.8 Å². The van der Waals surface area contributed by atoms with Crippen molar-refractivity contribution in [1.29, 1.82) is 0 Å². The van der Waals surface area contributed by atoms with Gasteiger partial charge < -0.3 is 14.7 Å². The van der Waals surface area contributed by atoms with Crippen molar-refractivity contribution in [3.63, 3.8) is 0 Å². The standard InChI is InChI=1S/C14H24N2O4/c1-10-3-4-16(12(9-10)14(18)19)11(2)13(17)15-5-7-20-8-6-15/h10-12H,3-9H2,1-2H3,(H,18,19). The Balaban J connectivity index is 2.03. The lowest BCUT2D eigenvalue weighted by Gasteiger charge is -2.41. The minimum Gasteiger partial charge on any atom is -0.480 e. The lowest BCUT2D eigenvalue weighted by molar-refractivity contribution is -0.151. The highest BCUT2D eigenvalue weighted by Crippen LogP contribution is 2.25. The van der Waals surface area contributed by atoms with Crippen LogP contribution < -0.4 is 0 Å². The summed E-state index contributed by atoms with van der Waals surface area (Å²) in [7, 11) is 0. The van der Waals surface area contributed by atoms with Crippen molar-refractivity contribution in [2.24, 2.45) is 5.92 Å². The number of ether oxygens (including phenoxy) is 1. The summed E-state index contributed by atoms with van der Waals surface area (Å²) in [6, 6.07) is -0.916. The summed E-state index contributed by atoms with van der Waals surface area (Å²) in [6.07, 6.45) is 1.57. The lowest BCUT2D eigenvalue weighted by atomic mass is 9.91. The van der Waals surface area contributed by atoms with Crippen molar-refractivity contribution in [1.82, 2.24) is 9.80 Å². The molecule has 0 aromatic heterocycles. The molecule has 6 nitrogen and oxygen atoms in total. The van der Waals surface area contributed by atoms with Crippen LogP contribution in [0, 0.1) is 5.92 Å². The Morgan fingerprint density at radius 1 is 1.25 bits per heavy atom. The van der Waals surface area contributed by atoms with Crippen LogP contribution in [0.1, 0.15) is 26.7 Å². The number of piperidine rings is 1. The lowest BCUT2D eigenvalue weighted by Crippen LogP contribution is -2.57. The molecule has 1 amide bonds. The van der Waals surface area contributed by atoms with Crippen LogP contribution >= 0.6 is 0 Å². The molecule has 0 aliphatic carbocycles. The number of carbonyl (C=O) groups is 2. The molecule has 2 rings (SSSR count). The third kappa shape index (κ3) is 3.30. The fraction of sp³-hybridized carbons (Fsp3) is 0.857. The zero-order valence-corrected chi connectivity index (χ0v) is 12.2. The molecule has 2 aliphatic heterocycles. The topological polar surface area (TPSA) is 70.1 Å². The van der Waals surface area contributed by atoms with Gasteiger partial charge in [-0.15, -0.1) is 0 Å². The fourth-order valence-electron chi connectivity index (χ4n) is 3.06. The number of likely N-dealkylation sites (tertiary alicyclic amines) is 1. The second kappa shape index (κ2) is 6.54. The minimum absolute atomic E-state index is 0.0223. The molecule has 0 aromatic rings. The summed E-state index contributed by atoms with van der Waals surface area (Å²) in [5.74, 6) is -0.398. The molecule has 2 saturated heterocycles. The zero-order valence-electron chi connectivity index (χ0n) is 12.2. The van der Waals surface area contributed by atoms with Gasteiger partial charge in [0, 0.05) is 19.6 Å². The van der Waals surface area contributed by atoms with Crippen LogP contribution in [0.15, 0.2) is 0 Å². The third-order valence-electron chi connectivity index (χ3n) is 4.37. The van der Waals surface area contributed by atoms with E-state index in [1.807, 2.05) is 11.8 Å². The highest BCUT2D eigenvalue weighted by atomic mass is 16.5. The molecule has 2 aliphatic rings.